The number of alkyl halides is 3. The number of anilines is 1. The average Bonchev–Trinajstić information content (AvgIpc) is 3.15. The molecule has 172 valence electrons. The highest BCUT2D eigenvalue weighted by Gasteiger charge is 2.66. The molecule has 1 saturated carbocycles. The van der Waals surface area contributed by atoms with Gasteiger partial charge in [0.2, 0.25) is 5.60 Å². The van der Waals surface area contributed by atoms with E-state index < -0.39 is 42.7 Å². The van der Waals surface area contributed by atoms with Crippen LogP contribution >= 0.6 is 12.2 Å². The standard InChI is InChI=1S/C18H22F3N3O6S/c1-3-28-14(26)13-11(6-8-22-13)24(15(31)23-16(27)29-4-2)9-10-30-17(18(19,20)21)7-5-12(17)25/h6,8,22H,3-5,7,9-10H2,1-2H3,(H,23,27,31). The second-order valence-corrected chi connectivity index (χ2v) is 6.74. The molecule has 1 amide bonds. The average molecular weight is 465 g/mol. The molecule has 9 nitrogen and oxygen atoms in total. The smallest absolute Gasteiger partial charge is 0.424 e. The van der Waals surface area contributed by atoms with Crippen molar-refractivity contribution in [1.82, 2.24) is 10.3 Å². The monoisotopic (exact) mass is 465 g/mol. The number of halogens is 3. The lowest BCUT2D eigenvalue weighted by Gasteiger charge is -2.41. The largest absolute Gasteiger partial charge is 0.461 e. The molecular formula is C18H22F3N3O6S. The number of ketones is 1. The Balaban J connectivity index is 2.22. The zero-order chi connectivity index (χ0) is 23.2. The minimum absolute atomic E-state index is 0.0277. The molecule has 1 aromatic heterocycles. The van der Waals surface area contributed by atoms with Crippen molar-refractivity contribution in [2.24, 2.45) is 0 Å². The molecule has 1 unspecified atom stereocenters. The van der Waals surface area contributed by atoms with Gasteiger partial charge in [0.25, 0.3) is 0 Å². The van der Waals surface area contributed by atoms with Crippen molar-refractivity contribution in [2.75, 3.05) is 31.3 Å². The second kappa shape index (κ2) is 10.1. The van der Waals surface area contributed by atoms with Crippen molar-refractivity contribution < 1.29 is 41.8 Å². The molecule has 1 heterocycles. The topological polar surface area (TPSA) is 110 Å². The summed E-state index contributed by atoms with van der Waals surface area (Å²) >= 11 is 5.17. The number of carbonyl (C=O) groups excluding carboxylic acids is 3. The van der Waals surface area contributed by atoms with Crippen molar-refractivity contribution in [3.05, 3.63) is 18.0 Å². The number of nitrogens with one attached hydrogen (secondary N) is 2. The van der Waals surface area contributed by atoms with E-state index in [0.29, 0.717) is 0 Å². The van der Waals surface area contributed by atoms with Crippen LogP contribution in [0.1, 0.15) is 37.2 Å². The summed E-state index contributed by atoms with van der Waals surface area (Å²) in [5, 5.41) is 2.03. The first-order valence-electron chi connectivity index (χ1n) is 9.41. The van der Waals surface area contributed by atoms with Crippen LogP contribution in [0.15, 0.2) is 12.3 Å². The number of carbonyl (C=O) groups is 3. The molecule has 1 atom stereocenters. The first kappa shape index (κ1) is 24.6. The van der Waals surface area contributed by atoms with E-state index in [-0.39, 0.29) is 42.7 Å². The van der Waals surface area contributed by atoms with Crippen LogP contribution in [0.2, 0.25) is 0 Å². The molecule has 0 aromatic carbocycles. The lowest BCUT2D eigenvalue weighted by Crippen LogP contribution is -2.61. The highest BCUT2D eigenvalue weighted by molar-refractivity contribution is 7.80. The van der Waals surface area contributed by atoms with Crippen molar-refractivity contribution in [2.45, 2.75) is 38.5 Å². The van der Waals surface area contributed by atoms with E-state index in [1.54, 1.807) is 13.8 Å². The molecule has 0 saturated heterocycles. The zero-order valence-corrected chi connectivity index (χ0v) is 17.7. The van der Waals surface area contributed by atoms with E-state index in [1.165, 1.54) is 17.2 Å². The number of esters is 1. The van der Waals surface area contributed by atoms with Crippen LogP contribution < -0.4 is 10.2 Å². The Bertz CT molecular complexity index is 844. The molecule has 1 aliphatic rings. The van der Waals surface area contributed by atoms with Crippen molar-refractivity contribution in [3.63, 3.8) is 0 Å². The molecule has 1 aromatic rings. The fourth-order valence-electron chi connectivity index (χ4n) is 2.91. The normalized spacial score (nSPS) is 18.2. The maximum atomic E-state index is 13.3. The first-order valence-corrected chi connectivity index (χ1v) is 9.82. The van der Waals surface area contributed by atoms with Crippen LogP contribution in [0.3, 0.4) is 0 Å². The van der Waals surface area contributed by atoms with Crippen LogP contribution in [0.4, 0.5) is 23.7 Å². The number of aromatic nitrogens is 1. The maximum Gasteiger partial charge on any atom is 0.424 e. The molecular weight excluding hydrogens is 443 g/mol. The predicted molar refractivity (Wildman–Crippen MR) is 106 cm³/mol. The van der Waals surface area contributed by atoms with Crippen molar-refractivity contribution in [1.29, 1.82) is 0 Å². The fourth-order valence-corrected chi connectivity index (χ4v) is 3.18. The quantitative estimate of drug-likeness (QED) is 0.446. The van der Waals surface area contributed by atoms with Crippen molar-refractivity contribution >= 4 is 40.9 Å². The van der Waals surface area contributed by atoms with Gasteiger partial charge in [-0.25, -0.2) is 9.59 Å². The third-order valence-corrected chi connectivity index (χ3v) is 4.82. The third kappa shape index (κ3) is 5.34. The van der Waals surface area contributed by atoms with Gasteiger partial charge in [-0.2, -0.15) is 13.2 Å². The van der Waals surface area contributed by atoms with Gasteiger partial charge < -0.3 is 24.1 Å². The van der Waals surface area contributed by atoms with Crippen LogP contribution in [0.5, 0.6) is 0 Å². The van der Waals surface area contributed by atoms with Gasteiger partial charge in [-0.1, -0.05) is 0 Å². The number of H-pyrrole nitrogens is 1. The second-order valence-electron chi connectivity index (χ2n) is 6.36. The van der Waals surface area contributed by atoms with Crippen LogP contribution in [0.25, 0.3) is 0 Å². The van der Waals surface area contributed by atoms with E-state index in [2.05, 4.69) is 10.3 Å². The summed E-state index contributed by atoms with van der Waals surface area (Å²) in [6, 6.07) is 1.43. The Morgan fingerprint density at radius 3 is 2.48 bits per heavy atom. The number of rotatable bonds is 8. The molecule has 1 fully saturated rings. The summed E-state index contributed by atoms with van der Waals surface area (Å²) in [5.41, 5.74) is -2.73. The van der Waals surface area contributed by atoms with E-state index in [1.807, 2.05) is 0 Å². The third-order valence-electron chi connectivity index (χ3n) is 4.50. The molecule has 0 bridgehead atoms. The van der Waals surface area contributed by atoms with Gasteiger partial charge >= 0.3 is 18.2 Å². The molecule has 0 spiro atoms. The van der Waals surface area contributed by atoms with E-state index in [0.717, 1.165) is 0 Å². The number of hydrogen-bond acceptors (Lipinski definition) is 7. The number of Topliss-reactive ketones (excluding diaryl/α,β-unsaturated/α-hetero) is 1. The number of hydrogen-bond donors (Lipinski definition) is 2. The Labute approximate surface area is 181 Å². The van der Waals surface area contributed by atoms with Gasteiger partial charge in [0.05, 0.1) is 25.5 Å². The van der Waals surface area contributed by atoms with Crippen molar-refractivity contribution in [3.8, 4) is 0 Å². The SMILES string of the molecule is CCOC(=O)NC(=S)N(CCOC1(C(F)(F)F)CCC1=O)c1cc[nH]c1C(=O)OCC. The van der Waals surface area contributed by atoms with Gasteiger partial charge in [-0.05, 0) is 38.6 Å². The lowest BCUT2D eigenvalue weighted by atomic mass is 9.78. The number of aromatic amines is 1. The summed E-state index contributed by atoms with van der Waals surface area (Å²) in [4.78, 5) is 39.4. The zero-order valence-electron chi connectivity index (χ0n) is 16.8. The highest BCUT2D eigenvalue weighted by atomic mass is 32.1. The number of amides is 1. The Morgan fingerprint density at radius 2 is 1.97 bits per heavy atom. The summed E-state index contributed by atoms with van der Waals surface area (Å²) in [5.74, 6) is -1.78. The number of nitrogens with zero attached hydrogens (tertiary/aromatic N) is 1. The summed E-state index contributed by atoms with van der Waals surface area (Å²) in [6.07, 6.45) is -5.04. The highest BCUT2D eigenvalue weighted by Crippen LogP contribution is 2.45. The lowest BCUT2D eigenvalue weighted by molar-refractivity contribution is -0.281. The van der Waals surface area contributed by atoms with E-state index in [4.69, 9.17) is 26.4 Å². The number of alkyl carbamates (subject to hydrolysis) is 1. The molecule has 0 radical (unpaired) electrons. The van der Waals surface area contributed by atoms with Crippen LogP contribution in [0, 0.1) is 0 Å². The minimum atomic E-state index is -4.86. The first-order chi connectivity index (χ1) is 14.6. The fraction of sp³-hybridized carbons (Fsp3) is 0.556. The molecule has 2 N–H and O–H groups in total. The van der Waals surface area contributed by atoms with Gasteiger partial charge in [0.1, 0.15) is 5.69 Å². The van der Waals surface area contributed by atoms with E-state index in [9.17, 15) is 27.6 Å². The minimum Gasteiger partial charge on any atom is -0.461 e. The van der Waals surface area contributed by atoms with Crippen LogP contribution in [-0.2, 0) is 19.0 Å². The molecule has 0 aliphatic heterocycles. The Kier molecular flexibility index (Phi) is 8.01. The predicted octanol–water partition coefficient (Wildman–Crippen LogP) is 2.71. The Morgan fingerprint density at radius 1 is 1.29 bits per heavy atom. The molecule has 31 heavy (non-hydrogen) atoms. The van der Waals surface area contributed by atoms with Crippen LogP contribution in [-0.4, -0.2) is 66.1 Å². The van der Waals surface area contributed by atoms with Gasteiger partial charge in [-0.15, -0.1) is 0 Å². The summed E-state index contributed by atoms with van der Waals surface area (Å²) in [7, 11) is 0. The maximum absolute atomic E-state index is 13.3. The molecule has 1 aliphatic carbocycles. The number of thiocarbonyl (C=S) groups is 1. The van der Waals surface area contributed by atoms with Gasteiger partial charge in [-0.3, -0.25) is 10.1 Å². The van der Waals surface area contributed by atoms with Gasteiger partial charge in [0.15, 0.2) is 10.9 Å². The molecule has 2 rings (SSSR count). The van der Waals surface area contributed by atoms with Gasteiger partial charge in [0, 0.05) is 19.2 Å². The Hall–Kier alpha value is -2.67. The molecule has 13 heteroatoms. The summed E-state index contributed by atoms with van der Waals surface area (Å²) < 4.78 is 54.7. The van der Waals surface area contributed by atoms with E-state index >= 15 is 0 Å². The summed E-state index contributed by atoms with van der Waals surface area (Å²) in [6.45, 7) is 2.45. The number of ether oxygens (including phenoxy) is 3.